The summed E-state index contributed by atoms with van der Waals surface area (Å²) in [5, 5.41) is 4.91. The number of piperidine rings is 1. The number of aromatic amines is 2. The summed E-state index contributed by atoms with van der Waals surface area (Å²) in [6.07, 6.45) is 7.36. The van der Waals surface area contributed by atoms with Gasteiger partial charge < -0.3 is 20.2 Å². The summed E-state index contributed by atoms with van der Waals surface area (Å²) < 4.78 is 0. The molecule has 0 aliphatic carbocycles. The van der Waals surface area contributed by atoms with E-state index in [-0.39, 0.29) is 5.56 Å². The molecule has 0 amide bonds. The average Bonchev–Trinajstić information content (AvgIpc) is 3.10. The lowest BCUT2D eigenvalue weighted by Gasteiger charge is -2.33. The van der Waals surface area contributed by atoms with Crippen LogP contribution in [0.25, 0.3) is 10.9 Å². The highest BCUT2D eigenvalue weighted by Crippen LogP contribution is 2.19. The van der Waals surface area contributed by atoms with Crippen molar-refractivity contribution in [3.63, 3.8) is 0 Å². The molecule has 1 fully saturated rings. The van der Waals surface area contributed by atoms with Gasteiger partial charge in [0, 0.05) is 55.2 Å². The van der Waals surface area contributed by atoms with Crippen LogP contribution in [0.3, 0.4) is 0 Å². The van der Waals surface area contributed by atoms with E-state index in [0.717, 1.165) is 32.5 Å². The Balaban J connectivity index is 1.45. The first-order valence-electron chi connectivity index (χ1n) is 8.38. The van der Waals surface area contributed by atoms with E-state index in [0.29, 0.717) is 11.9 Å². The van der Waals surface area contributed by atoms with Crippen LogP contribution >= 0.6 is 0 Å². The number of nitrogens with zero attached hydrogens (tertiary/aromatic N) is 2. The smallest absolute Gasteiger partial charge is 0.290 e. The summed E-state index contributed by atoms with van der Waals surface area (Å²) in [5.74, 6) is 0.525. The summed E-state index contributed by atoms with van der Waals surface area (Å²) >= 11 is 0. The zero-order valence-corrected chi connectivity index (χ0v) is 13.5. The molecule has 6 heteroatoms. The van der Waals surface area contributed by atoms with E-state index in [1.807, 2.05) is 6.20 Å². The van der Waals surface area contributed by atoms with E-state index < -0.39 is 0 Å². The molecule has 3 aromatic rings. The van der Waals surface area contributed by atoms with Gasteiger partial charge in [0.2, 0.25) is 0 Å². The van der Waals surface area contributed by atoms with Crippen molar-refractivity contribution in [1.82, 2.24) is 20.3 Å². The number of fused-ring (bicyclic) bond motifs is 1. The molecule has 2 aromatic heterocycles. The molecule has 0 unspecified atom stereocenters. The third-order valence-corrected chi connectivity index (χ3v) is 4.68. The molecule has 6 nitrogen and oxygen atoms in total. The number of hydrogen-bond donors (Lipinski definition) is 3. The Labute approximate surface area is 139 Å². The molecule has 24 heavy (non-hydrogen) atoms. The van der Waals surface area contributed by atoms with E-state index in [1.165, 1.54) is 16.5 Å². The lowest BCUT2D eigenvalue weighted by molar-refractivity contribution is 0.420. The van der Waals surface area contributed by atoms with Gasteiger partial charge in [-0.05, 0) is 30.5 Å². The minimum absolute atomic E-state index is 0.116. The molecule has 1 aromatic carbocycles. The fraction of sp³-hybridized carbons (Fsp3) is 0.333. The summed E-state index contributed by atoms with van der Waals surface area (Å²) in [4.78, 5) is 24.2. The summed E-state index contributed by atoms with van der Waals surface area (Å²) in [6, 6.07) is 8.81. The van der Waals surface area contributed by atoms with E-state index in [9.17, 15) is 4.79 Å². The number of nitrogens with one attached hydrogen (secondary N) is 3. The van der Waals surface area contributed by atoms with Gasteiger partial charge in [-0.1, -0.05) is 12.1 Å². The first kappa shape index (κ1) is 15.0. The topological polar surface area (TPSA) is 76.8 Å². The summed E-state index contributed by atoms with van der Waals surface area (Å²) in [5.41, 5.74) is 2.34. The second-order valence-corrected chi connectivity index (χ2v) is 6.26. The highest BCUT2D eigenvalue weighted by atomic mass is 16.1. The molecule has 0 bridgehead atoms. The third kappa shape index (κ3) is 2.92. The largest absolute Gasteiger partial charge is 0.361 e. The third-order valence-electron chi connectivity index (χ3n) is 4.68. The quantitative estimate of drug-likeness (QED) is 0.686. The Morgan fingerprint density at radius 2 is 2.21 bits per heavy atom. The van der Waals surface area contributed by atoms with Gasteiger partial charge in [0.25, 0.3) is 5.56 Å². The summed E-state index contributed by atoms with van der Waals surface area (Å²) in [7, 11) is 0. The SMILES string of the molecule is O=c1[nH]ccnc1N1CCC[C@@H](NCc2cccc3[nH]ccc23)C1. The zero-order valence-electron chi connectivity index (χ0n) is 13.5. The maximum absolute atomic E-state index is 11.9. The van der Waals surface area contributed by atoms with Crippen molar-refractivity contribution in [3.05, 3.63) is 58.8 Å². The number of aromatic nitrogens is 3. The van der Waals surface area contributed by atoms with Gasteiger partial charge >= 0.3 is 0 Å². The van der Waals surface area contributed by atoms with Crippen LogP contribution in [0.1, 0.15) is 18.4 Å². The molecular formula is C18H21N5O. The van der Waals surface area contributed by atoms with Crippen molar-refractivity contribution >= 4 is 16.7 Å². The predicted octanol–water partition coefficient (Wildman–Crippen LogP) is 2.01. The van der Waals surface area contributed by atoms with Gasteiger partial charge in [-0.25, -0.2) is 4.98 Å². The zero-order chi connectivity index (χ0) is 16.4. The normalized spacial score (nSPS) is 18.2. The minimum atomic E-state index is -0.116. The van der Waals surface area contributed by atoms with Crippen LogP contribution < -0.4 is 15.8 Å². The molecule has 1 aliphatic heterocycles. The number of anilines is 1. The molecule has 3 heterocycles. The molecule has 1 aliphatic rings. The fourth-order valence-corrected chi connectivity index (χ4v) is 3.46. The molecule has 1 atom stereocenters. The van der Waals surface area contributed by atoms with Crippen molar-refractivity contribution < 1.29 is 0 Å². The van der Waals surface area contributed by atoms with Crippen molar-refractivity contribution in [2.45, 2.75) is 25.4 Å². The molecule has 3 N–H and O–H groups in total. The van der Waals surface area contributed by atoms with Crippen molar-refractivity contribution in [2.75, 3.05) is 18.0 Å². The Bertz CT molecular complexity index is 884. The van der Waals surface area contributed by atoms with E-state index in [1.54, 1.807) is 12.4 Å². The van der Waals surface area contributed by atoms with Crippen molar-refractivity contribution in [1.29, 1.82) is 0 Å². The molecule has 1 saturated heterocycles. The van der Waals surface area contributed by atoms with Crippen LogP contribution in [-0.2, 0) is 6.54 Å². The van der Waals surface area contributed by atoms with E-state index >= 15 is 0 Å². The maximum Gasteiger partial charge on any atom is 0.290 e. The molecular weight excluding hydrogens is 302 g/mol. The molecule has 0 saturated carbocycles. The lowest BCUT2D eigenvalue weighted by atomic mass is 10.0. The van der Waals surface area contributed by atoms with Gasteiger partial charge in [-0.2, -0.15) is 0 Å². The molecule has 4 rings (SSSR count). The first-order chi connectivity index (χ1) is 11.8. The minimum Gasteiger partial charge on any atom is -0.361 e. The highest BCUT2D eigenvalue weighted by molar-refractivity contribution is 5.82. The second-order valence-electron chi connectivity index (χ2n) is 6.26. The van der Waals surface area contributed by atoms with Crippen LogP contribution in [-0.4, -0.2) is 34.1 Å². The molecule has 0 spiro atoms. The Morgan fingerprint density at radius 1 is 1.25 bits per heavy atom. The first-order valence-corrected chi connectivity index (χ1v) is 8.38. The van der Waals surface area contributed by atoms with Gasteiger partial charge in [-0.15, -0.1) is 0 Å². The molecule has 124 valence electrons. The number of hydrogen-bond acceptors (Lipinski definition) is 4. The lowest BCUT2D eigenvalue weighted by Crippen LogP contribution is -2.47. The number of rotatable bonds is 4. The Kier molecular flexibility index (Phi) is 4.04. The van der Waals surface area contributed by atoms with Crippen LogP contribution in [0, 0.1) is 0 Å². The van der Waals surface area contributed by atoms with Gasteiger partial charge in [-0.3, -0.25) is 4.79 Å². The van der Waals surface area contributed by atoms with Crippen LogP contribution in [0.15, 0.2) is 47.7 Å². The van der Waals surface area contributed by atoms with Crippen molar-refractivity contribution in [3.8, 4) is 0 Å². The van der Waals surface area contributed by atoms with Crippen LogP contribution in [0.5, 0.6) is 0 Å². The summed E-state index contributed by atoms with van der Waals surface area (Å²) in [6.45, 7) is 2.52. The second kappa shape index (κ2) is 6.49. The highest BCUT2D eigenvalue weighted by Gasteiger charge is 2.22. The van der Waals surface area contributed by atoms with E-state index in [2.05, 4.69) is 49.4 Å². The van der Waals surface area contributed by atoms with Gasteiger partial charge in [0.05, 0.1) is 0 Å². The fourth-order valence-electron chi connectivity index (χ4n) is 3.46. The van der Waals surface area contributed by atoms with E-state index in [4.69, 9.17) is 0 Å². The van der Waals surface area contributed by atoms with Crippen LogP contribution in [0.2, 0.25) is 0 Å². The standard InChI is InChI=1S/C18H21N5O/c24-18-17(20-8-9-21-18)23-10-2-4-14(12-23)22-11-13-3-1-5-16-15(13)6-7-19-16/h1,3,5-9,14,19,22H,2,4,10-12H2,(H,21,24)/t14-/m1/s1. The Morgan fingerprint density at radius 3 is 3.12 bits per heavy atom. The maximum atomic E-state index is 11.9. The Hall–Kier alpha value is -2.60. The number of benzene rings is 1. The van der Waals surface area contributed by atoms with Crippen molar-refractivity contribution in [2.24, 2.45) is 0 Å². The average molecular weight is 323 g/mol. The van der Waals surface area contributed by atoms with Gasteiger partial charge in [0.15, 0.2) is 5.82 Å². The van der Waals surface area contributed by atoms with Gasteiger partial charge in [0.1, 0.15) is 0 Å². The predicted molar refractivity (Wildman–Crippen MR) is 95.2 cm³/mol. The molecule has 0 radical (unpaired) electrons. The van der Waals surface area contributed by atoms with Crippen LogP contribution in [0.4, 0.5) is 5.82 Å². The monoisotopic (exact) mass is 323 g/mol. The number of H-pyrrole nitrogens is 2.